The van der Waals surface area contributed by atoms with Crippen molar-refractivity contribution in [2.45, 2.75) is 64.6 Å². The number of rotatable bonds is 10. The van der Waals surface area contributed by atoms with Gasteiger partial charge in [0.25, 0.3) is 5.78 Å². The van der Waals surface area contributed by atoms with Crippen molar-refractivity contribution in [2.75, 3.05) is 6.61 Å². The first kappa shape index (κ1) is 27.0. The molecule has 0 aliphatic carbocycles. The molecule has 0 unspecified atom stereocenters. The maximum atomic E-state index is 13.1. The van der Waals surface area contributed by atoms with Gasteiger partial charge in [-0.2, -0.15) is 4.79 Å². The summed E-state index contributed by atoms with van der Waals surface area (Å²) >= 11 is 0.661. The number of amides is 1. The van der Waals surface area contributed by atoms with E-state index in [1.54, 1.807) is 0 Å². The molecule has 4 atom stereocenters. The Labute approximate surface area is 188 Å². The van der Waals surface area contributed by atoms with Gasteiger partial charge >= 0.3 is 11.7 Å². The van der Waals surface area contributed by atoms with E-state index in [9.17, 15) is 24.7 Å². The molecule has 31 heavy (non-hydrogen) atoms. The highest BCUT2D eigenvalue weighted by molar-refractivity contribution is 8.14. The molecule has 1 N–H and O–H groups in total. The van der Waals surface area contributed by atoms with Crippen molar-refractivity contribution in [3.8, 4) is 0 Å². The first-order valence-electron chi connectivity index (χ1n) is 9.91. The van der Waals surface area contributed by atoms with E-state index in [4.69, 9.17) is 9.16 Å². The Balaban J connectivity index is 3.41. The Morgan fingerprint density at radius 1 is 1.32 bits per heavy atom. The Morgan fingerprint density at radius 3 is 2.29 bits per heavy atom. The third-order valence-corrected chi connectivity index (χ3v) is 7.30. The van der Waals surface area contributed by atoms with Crippen LogP contribution in [0.1, 0.15) is 34.6 Å². The number of ketones is 1. The second kappa shape index (κ2) is 10.5. The molecule has 0 aromatic heterocycles. The van der Waals surface area contributed by atoms with Crippen LogP contribution in [0, 0.1) is 11.3 Å². The van der Waals surface area contributed by atoms with Crippen molar-refractivity contribution in [2.24, 2.45) is 11.3 Å². The Morgan fingerprint density at radius 2 is 1.90 bits per heavy atom. The van der Waals surface area contributed by atoms with Gasteiger partial charge in [0.15, 0.2) is 14.2 Å². The van der Waals surface area contributed by atoms with Gasteiger partial charge in [0.05, 0.1) is 17.6 Å². The lowest BCUT2D eigenvalue weighted by molar-refractivity contribution is -0.159. The standard InChI is InChI=1S/C20H31N3O6SSi/c1-9-10-28-18(27)14(23-21)15(25)16(30-11(2)24)13-12(17(26)22-13)20(6,19(3,4)5)29-31(7)8/h9,12-13,16,31H,1,10H2,2-8H3,(H,22,26)/t12-,13+,16-,20-/m1/s1. The van der Waals surface area contributed by atoms with Gasteiger partial charge in [-0.3, -0.25) is 14.4 Å². The molecule has 1 saturated heterocycles. The lowest BCUT2D eigenvalue weighted by atomic mass is 9.63. The van der Waals surface area contributed by atoms with Gasteiger partial charge in [-0.15, -0.1) is 0 Å². The number of hydrogen-bond acceptors (Lipinski definition) is 7. The average molecular weight is 470 g/mol. The number of thioether (sulfide) groups is 1. The normalized spacial score (nSPS) is 21.1. The van der Waals surface area contributed by atoms with Crippen LogP contribution in [-0.2, 0) is 28.3 Å². The lowest BCUT2D eigenvalue weighted by Crippen LogP contribution is -2.74. The van der Waals surface area contributed by atoms with Crippen LogP contribution in [0.4, 0.5) is 0 Å². The molecule has 1 heterocycles. The first-order chi connectivity index (χ1) is 14.2. The monoisotopic (exact) mass is 469 g/mol. The predicted octanol–water partition coefficient (Wildman–Crippen LogP) is 1.52. The van der Waals surface area contributed by atoms with Gasteiger partial charge in [-0.25, -0.2) is 4.79 Å². The van der Waals surface area contributed by atoms with Gasteiger partial charge in [0.1, 0.15) is 11.9 Å². The van der Waals surface area contributed by atoms with Crippen LogP contribution < -0.4 is 5.32 Å². The van der Waals surface area contributed by atoms with E-state index >= 15 is 0 Å². The molecule has 1 aliphatic heterocycles. The van der Waals surface area contributed by atoms with Crippen LogP contribution in [0.5, 0.6) is 0 Å². The summed E-state index contributed by atoms with van der Waals surface area (Å²) in [4.78, 5) is 52.7. The zero-order valence-electron chi connectivity index (χ0n) is 19.1. The van der Waals surface area contributed by atoms with E-state index in [2.05, 4.69) is 16.7 Å². The fourth-order valence-corrected chi connectivity index (χ4v) is 5.88. The summed E-state index contributed by atoms with van der Waals surface area (Å²) in [7, 11) is -1.61. The largest absolute Gasteiger partial charge is 0.453 e. The smallest absolute Gasteiger partial charge is 0.442 e. The predicted molar refractivity (Wildman–Crippen MR) is 120 cm³/mol. The number of esters is 1. The van der Waals surface area contributed by atoms with Crippen molar-refractivity contribution >= 4 is 49.3 Å². The number of hydrogen-bond donors (Lipinski definition) is 1. The minimum absolute atomic E-state index is 0.187. The maximum Gasteiger partial charge on any atom is 0.442 e. The van der Waals surface area contributed by atoms with Crippen LogP contribution in [0.15, 0.2) is 12.7 Å². The number of carbonyl (C=O) groups is 4. The summed E-state index contributed by atoms with van der Waals surface area (Å²) in [6.45, 7) is 16.1. The molecule has 0 saturated carbocycles. The van der Waals surface area contributed by atoms with E-state index in [0.717, 1.165) is 0 Å². The topological polar surface area (TPSA) is 135 Å². The van der Waals surface area contributed by atoms with Gasteiger partial charge in [0.2, 0.25) is 5.91 Å². The van der Waals surface area contributed by atoms with Crippen molar-refractivity contribution in [3.05, 3.63) is 18.2 Å². The van der Waals surface area contributed by atoms with Gasteiger partial charge < -0.3 is 20.0 Å². The van der Waals surface area contributed by atoms with E-state index in [1.807, 2.05) is 40.8 Å². The van der Waals surface area contributed by atoms with E-state index in [1.165, 1.54) is 13.0 Å². The molecule has 1 amide bonds. The summed E-state index contributed by atoms with van der Waals surface area (Å²) in [5.74, 6) is -3.12. The third kappa shape index (κ3) is 6.00. The first-order valence-corrected chi connectivity index (χ1v) is 13.6. The van der Waals surface area contributed by atoms with Crippen LogP contribution in [0.25, 0.3) is 5.53 Å². The van der Waals surface area contributed by atoms with E-state index < -0.39 is 59.8 Å². The number of Topliss-reactive ketones (excluding diaryl/α,β-unsaturated/α-hetero) is 1. The number of nitrogens with one attached hydrogen (secondary N) is 1. The van der Waals surface area contributed by atoms with Crippen molar-refractivity contribution in [1.29, 1.82) is 0 Å². The summed E-state index contributed by atoms with van der Waals surface area (Å²) in [6, 6.07) is -0.810. The van der Waals surface area contributed by atoms with E-state index in [0.29, 0.717) is 11.8 Å². The number of ether oxygens (including phenoxy) is 1. The van der Waals surface area contributed by atoms with Crippen LogP contribution >= 0.6 is 11.8 Å². The molecule has 0 spiro atoms. The van der Waals surface area contributed by atoms with Crippen LogP contribution in [0.2, 0.25) is 13.1 Å². The Bertz CT molecular complexity index is 818. The van der Waals surface area contributed by atoms with Crippen molar-refractivity contribution in [3.63, 3.8) is 0 Å². The third-order valence-electron chi connectivity index (χ3n) is 5.25. The number of β-lactam (4-membered cyclic amide) rings is 1. The Kier molecular flexibility index (Phi) is 9.13. The summed E-state index contributed by atoms with van der Waals surface area (Å²) in [5, 5.41) is 1.10. The van der Waals surface area contributed by atoms with Gasteiger partial charge in [-0.1, -0.05) is 45.2 Å². The average Bonchev–Trinajstić information content (AvgIpc) is 2.61. The highest BCUT2D eigenvalue weighted by Gasteiger charge is 2.61. The highest BCUT2D eigenvalue weighted by Crippen LogP contribution is 2.46. The minimum atomic E-state index is -1.61. The fraction of sp³-hybridized carbons (Fsp3) is 0.650. The molecule has 0 aromatic rings. The molecular weight excluding hydrogens is 438 g/mol. The zero-order valence-corrected chi connectivity index (χ0v) is 21.0. The Hall–Kier alpha value is -2.07. The quantitative estimate of drug-likeness (QED) is 0.0749. The molecule has 0 aromatic carbocycles. The molecular formula is C20H31N3O6SSi. The minimum Gasteiger partial charge on any atom is -0.453 e. The summed E-state index contributed by atoms with van der Waals surface area (Å²) in [6.07, 6.45) is 1.29. The second-order valence-corrected chi connectivity index (χ2v) is 12.4. The molecule has 1 rings (SSSR count). The molecule has 9 nitrogen and oxygen atoms in total. The van der Waals surface area contributed by atoms with E-state index in [-0.39, 0.29) is 12.5 Å². The van der Waals surface area contributed by atoms with Crippen LogP contribution in [-0.4, -0.2) is 65.8 Å². The summed E-state index contributed by atoms with van der Waals surface area (Å²) < 4.78 is 11.1. The SMILES string of the molecule is C=CCOC(=O)C(=[N+]=[N-])C(=O)[C@H](SC(C)=O)[C@H]1NC(=O)[C@@H]1[C@@](C)(O[SiH](C)C)C(C)(C)C. The lowest BCUT2D eigenvalue weighted by Gasteiger charge is -2.55. The highest BCUT2D eigenvalue weighted by atomic mass is 32.2. The van der Waals surface area contributed by atoms with Crippen LogP contribution in [0.3, 0.4) is 0 Å². The molecule has 0 radical (unpaired) electrons. The zero-order chi connectivity index (χ0) is 24.1. The molecule has 1 aliphatic rings. The fourth-order valence-electron chi connectivity index (χ4n) is 3.45. The molecule has 172 valence electrons. The molecule has 11 heteroatoms. The number of nitrogens with zero attached hydrogens (tertiary/aromatic N) is 2. The van der Waals surface area contributed by atoms with Crippen molar-refractivity contribution in [1.82, 2.24) is 5.32 Å². The van der Waals surface area contributed by atoms with Gasteiger partial charge in [-0.05, 0) is 25.4 Å². The van der Waals surface area contributed by atoms with Crippen molar-refractivity contribution < 1.29 is 33.1 Å². The number of carbonyl (C=O) groups excluding carboxylic acids is 4. The molecule has 0 bridgehead atoms. The van der Waals surface area contributed by atoms with Gasteiger partial charge in [0, 0.05) is 6.92 Å². The summed E-state index contributed by atoms with van der Waals surface area (Å²) in [5.41, 5.74) is 7.03. The maximum absolute atomic E-state index is 13.1. The molecule has 1 fully saturated rings. The second-order valence-electron chi connectivity index (χ2n) is 8.77.